The Morgan fingerprint density at radius 2 is 0.986 bits per heavy atom. The summed E-state index contributed by atoms with van der Waals surface area (Å²) in [4.78, 5) is 9.85. The van der Waals surface area contributed by atoms with Gasteiger partial charge in [-0.2, -0.15) is 6.07 Å². The van der Waals surface area contributed by atoms with Gasteiger partial charge in [0, 0.05) is 83.0 Å². The van der Waals surface area contributed by atoms with Crippen LogP contribution in [0.3, 0.4) is 0 Å². The van der Waals surface area contributed by atoms with E-state index in [1.807, 2.05) is 12.3 Å². The van der Waals surface area contributed by atoms with Crippen molar-refractivity contribution < 1.29 is 25.8 Å². The first kappa shape index (κ1) is 52.4. The minimum Gasteiger partial charge on any atom is -0.509 e. The fraction of sp³-hybridized carbons (Fsp3) is 0.333. The van der Waals surface area contributed by atoms with Crippen molar-refractivity contribution in [2.45, 2.75) is 132 Å². The van der Waals surface area contributed by atoms with Crippen molar-refractivity contribution in [2.75, 3.05) is 9.80 Å². The number of hydrogen-bond donors (Lipinski definition) is 0. The van der Waals surface area contributed by atoms with E-state index in [0.717, 1.165) is 44.6 Å². The SMILES string of the molecule is CC(C)(C)C1=C(C(C)(C)C)N(c2cc(C(C)(C)C)cc(C(C)(C)c3ccccc3)c2)[CH-]N1c1[c-]c(Oc2[c-]c3c(cc2)c2ccccc2n3-c2cc(C(C)(C)c3ccccc3)ccn2)cc(C(C)(C)C)c1.[Pt]. The topological polar surface area (TPSA) is 33.5 Å². The number of nitrogens with zero attached hydrogens (tertiary/aromatic N) is 4. The number of rotatable bonds is 9. The quantitative estimate of drug-likeness (QED) is 0.135. The minimum atomic E-state index is -0.248. The fourth-order valence-electron chi connectivity index (χ4n) is 10.2. The number of para-hydroxylation sites is 1. The Morgan fingerprint density at radius 3 is 1.58 bits per heavy atom. The average molecular weight is 1130 g/mol. The normalized spacial score (nSPS) is 14.1. The van der Waals surface area contributed by atoms with Crippen LogP contribution in [0.2, 0.25) is 0 Å². The third-order valence-corrected chi connectivity index (χ3v) is 14.6. The van der Waals surface area contributed by atoms with Gasteiger partial charge in [0.25, 0.3) is 0 Å². The van der Waals surface area contributed by atoms with Crippen LogP contribution >= 0.6 is 0 Å². The molecule has 72 heavy (non-hydrogen) atoms. The van der Waals surface area contributed by atoms with Gasteiger partial charge >= 0.3 is 0 Å². The third kappa shape index (κ3) is 9.96. The zero-order chi connectivity index (χ0) is 51.1. The van der Waals surface area contributed by atoms with Gasteiger partial charge in [0.1, 0.15) is 5.82 Å². The number of aromatic nitrogens is 2. The average Bonchev–Trinajstić information content (AvgIpc) is 3.90. The first-order valence-corrected chi connectivity index (χ1v) is 25.4. The fourth-order valence-corrected chi connectivity index (χ4v) is 10.2. The molecule has 2 aromatic heterocycles. The summed E-state index contributed by atoms with van der Waals surface area (Å²) < 4.78 is 9.23. The number of ether oxygens (including phenoxy) is 1. The van der Waals surface area contributed by atoms with Gasteiger partial charge in [0.05, 0.1) is 0 Å². The van der Waals surface area contributed by atoms with Crippen LogP contribution in [0.15, 0.2) is 157 Å². The first-order chi connectivity index (χ1) is 33.2. The van der Waals surface area contributed by atoms with E-state index in [1.54, 1.807) is 0 Å². The molecule has 6 aromatic carbocycles. The van der Waals surface area contributed by atoms with E-state index < -0.39 is 0 Å². The molecule has 0 saturated carbocycles. The van der Waals surface area contributed by atoms with Crippen LogP contribution in [0.25, 0.3) is 27.6 Å². The Morgan fingerprint density at radius 1 is 0.444 bits per heavy atom. The summed E-state index contributed by atoms with van der Waals surface area (Å²) in [5, 5.41) is 2.22. The maximum absolute atomic E-state index is 7.01. The largest absolute Gasteiger partial charge is 0.509 e. The Labute approximate surface area is 445 Å². The van der Waals surface area contributed by atoms with Gasteiger partial charge in [-0.1, -0.05) is 201 Å². The first-order valence-electron chi connectivity index (χ1n) is 25.4. The van der Waals surface area contributed by atoms with Crippen LogP contribution in [0.4, 0.5) is 11.4 Å². The van der Waals surface area contributed by atoms with Crippen molar-refractivity contribution in [2.24, 2.45) is 10.8 Å². The Kier molecular flexibility index (Phi) is 13.7. The summed E-state index contributed by atoms with van der Waals surface area (Å²) in [6, 6.07) is 57.9. The predicted octanol–water partition coefficient (Wildman–Crippen LogP) is 17.6. The molecule has 0 saturated heterocycles. The van der Waals surface area contributed by atoms with Crippen LogP contribution in [0.5, 0.6) is 11.5 Å². The summed E-state index contributed by atoms with van der Waals surface area (Å²) in [6.45, 7) is 39.3. The van der Waals surface area contributed by atoms with Crippen molar-refractivity contribution in [3.63, 3.8) is 0 Å². The summed E-state index contributed by atoms with van der Waals surface area (Å²) in [7, 11) is 0. The van der Waals surface area contributed by atoms with E-state index in [9.17, 15) is 0 Å². The van der Waals surface area contributed by atoms with E-state index in [4.69, 9.17) is 9.72 Å². The van der Waals surface area contributed by atoms with Crippen LogP contribution in [-0.2, 0) is 42.7 Å². The number of pyridine rings is 1. The van der Waals surface area contributed by atoms with Gasteiger partial charge in [-0.3, -0.25) is 0 Å². The van der Waals surface area contributed by atoms with E-state index in [1.165, 1.54) is 39.2 Å². The number of fused-ring (bicyclic) bond motifs is 3. The van der Waals surface area contributed by atoms with Crippen LogP contribution in [0.1, 0.15) is 144 Å². The summed E-state index contributed by atoms with van der Waals surface area (Å²) in [5.74, 6) is 2.08. The van der Waals surface area contributed by atoms with E-state index in [0.29, 0.717) is 11.5 Å². The van der Waals surface area contributed by atoms with Gasteiger partial charge in [-0.15, -0.1) is 53.6 Å². The van der Waals surface area contributed by atoms with Crippen molar-refractivity contribution in [3.8, 4) is 17.3 Å². The second-order valence-corrected chi connectivity index (χ2v) is 24.9. The molecule has 0 fully saturated rings. The molecule has 0 radical (unpaired) electrons. The molecule has 5 nitrogen and oxygen atoms in total. The molecule has 8 aromatic rings. The second kappa shape index (κ2) is 18.9. The molecule has 9 rings (SSSR count). The van der Waals surface area contributed by atoms with E-state index in [2.05, 4.69) is 277 Å². The maximum Gasteiger partial charge on any atom is 0.135 e. The number of anilines is 2. The zero-order valence-corrected chi connectivity index (χ0v) is 47.7. The van der Waals surface area contributed by atoms with Crippen molar-refractivity contribution in [3.05, 3.63) is 209 Å². The molecule has 3 heterocycles. The molecule has 0 amide bonds. The van der Waals surface area contributed by atoms with Gasteiger partial charge in [0.2, 0.25) is 0 Å². The minimum absolute atomic E-state index is 0. The Bertz CT molecular complexity index is 3300. The van der Waals surface area contributed by atoms with E-state index >= 15 is 0 Å². The molecule has 1 aliphatic rings. The Balaban J connectivity index is 0.00000693. The predicted molar refractivity (Wildman–Crippen MR) is 299 cm³/mol. The summed E-state index contributed by atoms with van der Waals surface area (Å²) >= 11 is 0. The molecule has 0 aliphatic carbocycles. The van der Waals surface area contributed by atoms with Crippen LogP contribution in [0, 0.1) is 29.6 Å². The number of benzene rings is 6. The summed E-state index contributed by atoms with van der Waals surface area (Å²) in [5.41, 5.74) is 12.8. The van der Waals surface area contributed by atoms with Gasteiger partial charge in [-0.25, -0.2) is 4.98 Å². The third-order valence-electron chi connectivity index (χ3n) is 14.6. The van der Waals surface area contributed by atoms with Crippen molar-refractivity contribution in [1.29, 1.82) is 0 Å². The number of allylic oxidation sites excluding steroid dienone is 2. The van der Waals surface area contributed by atoms with E-state index in [-0.39, 0.29) is 53.6 Å². The molecule has 0 spiro atoms. The molecule has 1 aliphatic heterocycles. The smallest absolute Gasteiger partial charge is 0.135 e. The Hall–Kier alpha value is -5.90. The molecule has 0 unspecified atom stereocenters. The molecule has 0 bridgehead atoms. The standard InChI is InChI=1S/C66H73N4O.Pt/c1-61(2,3)47-35-49(66(15,16)45-27-21-18-22-28-45)38-50(36-47)68-43-69(60(64(10,11)12)59(68)63(7,8)9)51-37-48(62(4,5)6)39-53(41-51)71-52-31-32-55-54-29-23-24-30-56(54)70(57(55)42-52)58-40-46(33-34-67-58)65(13,14)44-25-19-17-20-26-44;/h17-40,43H,1-16H3;/q-3;. The number of hydrogen-bond acceptors (Lipinski definition) is 4. The monoisotopic (exact) mass is 1130 g/mol. The molecular weight excluding hydrogens is 1060 g/mol. The van der Waals surface area contributed by atoms with Gasteiger partial charge < -0.3 is 19.1 Å². The molecule has 0 atom stereocenters. The van der Waals surface area contributed by atoms with Gasteiger partial charge in [0.15, 0.2) is 0 Å². The van der Waals surface area contributed by atoms with Gasteiger partial charge in [-0.05, 0) is 74.4 Å². The molecule has 6 heteroatoms. The van der Waals surface area contributed by atoms with Crippen molar-refractivity contribution >= 4 is 33.2 Å². The molecule has 376 valence electrons. The molecule has 0 N–H and O–H groups in total. The zero-order valence-electron chi connectivity index (χ0n) is 45.4. The maximum atomic E-state index is 7.01. The molecular formula is C66H73N4OPt-3. The van der Waals surface area contributed by atoms with Crippen molar-refractivity contribution in [1.82, 2.24) is 9.55 Å². The second-order valence-electron chi connectivity index (χ2n) is 24.9. The van der Waals surface area contributed by atoms with Crippen LogP contribution < -0.4 is 14.5 Å². The van der Waals surface area contributed by atoms with Crippen LogP contribution in [-0.4, -0.2) is 9.55 Å². The summed E-state index contributed by atoms with van der Waals surface area (Å²) in [6.07, 6.45) is 1.93.